The molecule has 19 heavy (non-hydrogen) atoms. The first-order chi connectivity index (χ1) is 9.30. The lowest BCUT2D eigenvalue weighted by Crippen LogP contribution is -2.20. The SMILES string of the molecule is N#Cc1ccc(NCC2CC3CCC2C3)cc1C#N. The highest BCUT2D eigenvalue weighted by molar-refractivity contribution is 5.56. The van der Waals surface area contributed by atoms with Gasteiger partial charge in [-0.2, -0.15) is 10.5 Å². The van der Waals surface area contributed by atoms with Crippen LogP contribution in [0.25, 0.3) is 0 Å². The van der Waals surface area contributed by atoms with Crippen molar-refractivity contribution in [1.82, 2.24) is 0 Å². The molecule has 96 valence electrons. The summed E-state index contributed by atoms with van der Waals surface area (Å²) in [5, 5.41) is 21.3. The van der Waals surface area contributed by atoms with Gasteiger partial charge in [-0.05, 0) is 55.2 Å². The molecule has 2 saturated carbocycles. The number of rotatable bonds is 3. The molecule has 0 amide bonds. The summed E-state index contributed by atoms with van der Waals surface area (Å²) in [6.45, 7) is 0.998. The summed E-state index contributed by atoms with van der Waals surface area (Å²) in [7, 11) is 0. The van der Waals surface area contributed by atoms with Crippen LogP contribution in [0.15, 0.2) is 18.2 Å². The maximum Gasteiger partial charge on any atom is 0.101 e. The summed E-state index contributed by atoms with van der Waals surface area (Å²) in [5.41, 5.74) is 1.87. The molecule has 0 radical (unpaired) electrons. The van der Waals surface area contributed by atoms with Gasteiger partial charge in [0.05, 0.1) is 11.1 Å². The molecule has 3 unspecified atom stereocenters. The van der Waals surface area contributed by atoms with Gasteiger partial charge in [-0.3, -0.25) is 0 Å². The van der Waals surface area contributed by atoms with Crippen molar-refractivity contribution in [2.45, 2.75) is 25.7 Å². The molecular formula is C16H17N3. The van der Waals surface area contributed by atoms with Gasteiger partial charge in [-0.1, -0.05) is 6.42 Å². The quantitative estimate of drug-likeness (QED) is 0.896. The lowest BCUT2D eigenvalue weighted by molar-refractivity contribution is 0.348. The summed E-state index contributed by atoms with van der Waals surface area (Å²) in [6.07, 6.45) is 5.60. The Bertz CT molecular complexity index is 564. The summed E-state index contributed by atoms with van der Waals surface area (Å²) in [5.74, 6) is 2.67. The van der Waals surface area contributed by atoms with Crippen LogP contribution in [0.2, 0.25) is 0 Å². The van der Waals surface area contributed by atoms with Crippen LogP contribution in [0.5, 0.6) is 0 Å². The molecule has 1 aromatic rings. The number of hydrogen-bond donors (Lipinski definition) is 1. The van der Waals surface area contributed by atoms with E-state index in [2.05, 4.69) is 11.4 Å². The first kappa shape index (κ1) is 12.1. The molecule has 2 aliphatic rings. The Morgan fingerprint density at radius 3 is 2.58 bits per heavy atom. The highest BCUT2D eigenvalue weighted by atomic mass is 14.9. The molecule has 3 atom stereocenters. The molecule has 1 N–H and O–H groups in total. The Labute approximate surface area is 113 Å². The van der Waals surface area contributed by atoms with E-state index >= 15 is 0 Å². The Hall–Kier alpha value is -2.00. The zero-order valence-electron chi connectivity index (χ0n) is 10.9. The van der Waals surface area contributed by atoms with Crippen molar-refractivity contribution in [2.24, 2.45) is 17.8 Å². The van der Waals surface area contributed by atoms with Crippen LogP contribution in [0.3, 0.4) is 0 Å². The van der Waals surface area contributed by atoms with Crippen molar-refractivity contribution in [3.8, 4) is 12.1 Å². The molecule has 2 aliphatic carbocycles. The highest BCUT2D eigenvalue weighted by Crippen LogP contribution is 2.48. The van der Waals surface area contributed by atoms with Crippen LogP contribution >= 0.6 is 0 Å². The Kier molecular flexibility index (Phi) is 3.13. The summed E-state index contributed by atoms with van der Waals surface area (Å²) < 4.78 is 0. The van der Waals surface area contributed by atoms with E-state index in [-0.39, 0.29) is 0 Å². The number of nitriles is 2. The largest absolute Gasteiger partial charge is 0.385 e. The van der Waals surface area contributed by atoms with Crippen LogP contribution in [0.1, 0.15) is 36.8 Å². The van der Waals surface area contributed by atoms with Gasteiger partial charge in [-0.25, -0.2) is 0 Å². The highest BCUT2D eigenvalue weighted by Gasteiger charge is 2.38. The van der Waals surface area contributed by atoms with E-state index in [9.17, 15) is 0 Å². The fourth-order valence-corrected chi connectivity index (χ4v) is 3.72. The number of benzene rings is 1. The van der Waals surface area contributed by atoms with Gasteiger partial charge in [0, 0.05) is 12.2 Å². The second-order valence-corrected chi connectivity index (χ2v) is 5.80. The van der Waals surface area contributed by atoms with Crippen LogP contribution in [-0.2, 0) is 0 Å². The minimum Gasteiger partial charge on any atom is -0.385 e. The van der Waals surface area contributed by atoms with Gasteiger partial charge in [0.25, 0.3) is 0 Å². The zero-order chi connectivity index (χ0) is 13.2. The molecule has 0 aromatic heterocycles. The predicted molar refractivity (Wildman–Crippen MR) is 73.3 cm³/mol. The zero-order valence-corrected chi connectivity index (χ0v) is 10.9. The van der Waals surface area contributed by atoms with E-state index in [1.54, 1.807) is 12.1 Å². The second kappa shape index (κ2) is 4.94. The molecule has 0 heterocycles. The Balaban J connectivity index is 1.65. The van der Waals surface area contributed by atoms with Crippen LogP contribution in [-0.4, -0.2) is 6.54 Å². The standard InChI is InChI=1S/C16H17N3/c17-8-13-3-4-16(7-14(13)9-18)19-10-15-6-11-1-2-12(15)5-11/h3-4,7,11-12,15,19H,1-2,5-6,10H2. The maximum atomic E-state index is 9.01. The molecule has 1 aromatic carbocycles. The van der Waals surface area contributed by atoms with Crippen molar-refractivity contribution < 1.29 is 0 Å². The molecule has 2 bridgehead atoms. The third kappa shape index (κ3) is 2.29. The van der Waals surface area contributed by atoms with E-state index in [4.69, 9.17) is 10.5 Å². The van der Waals surface area contributed by atoms with E-state index < -0.39 is 0 Å². The first-order valence-electron chi connectivity index (χ1n) is 6.98. The first-order valence-corrected chi connectivity index (χ1v) is 6.98. The molecule has 0 spiro atoms. The Morgan fingerprint density at radius 2 is 1.95 bits per heavy atom. The average Bonchev–Trinajstić information content (AvgIpc) is 3.07. The van der Waals surface area contributed by atoms with Crippen molar-refractivity contribution in [1.29, 1.82) is 10.5 Å². The van der Waals surface area contributed by atoms with E-state index in [1.165, 1.54) is 25.7 Å². The lowest BCUT2D eigenvalue weighted by Gasteiger charge is -2.22. The molecule has 2 fully saturated rings. The van der Waals surface area contributed by atoms with Crippen molar-refractivity contribution >= 4 is 5.69 Å². The summed E-state index contributed by atoms with van der Waals surface area (Å²) in [4.78, 5) is 0. The number of nitrogens with one attached hydrogen (secondary N) is 1. The van der Waals surface area contributed by atoms with E-state index in [1.807, 2.05) is 12.1 Å². The topological polar surface area (TPSA) is 59.6 Å². The molecule has 0 saturated heterocycles. The van der Waals surface area contributed by atoms with Crippen molar-refractivity contribution in [3.05, 3.63) is 29.3 Å². The lowest BCUT2D eigenvalue weighted by atomic mass is 9.89. The molecule has 3 nitrogen and oxygen atoms in total. The van der Waals surface area contributed by atoms with Crippen LogP contribution in [0.4, 0.5) is 5.69 Å². The normalized spacial score (nSPS) is 27.8. The molecular weight excluding hydrogens is 234 g/mol. The van der Waals surface area contributed by atoms with Crippen molar-refractivity contribution in [2.75, 3.05) is 11.9 Å². The average molecular weight is 251 g/mol. The minimum atomic E-state index is 0.452. The van der Waals surface area contributed by atoms with Crippen LogP contribution in [0, 0.1) is 40.4 Å². The van der Waals surface area contributed by atoms with Gasteiger partial charge in [0.2, 0.25) is 0 Å². The fourth-order valence-electron chi connectivity index (χ4n) is 3.72. The second-order valence-electron chi connectivity index (χ2n) is 5.80. The van der Waals surface area contributed by atoms with Gasteiger partial charge in [0.15, 0.2) is 0 Å². The van der Waals surface area contributed by atoms with Gasteiger partial charge in [0.1, 0.15) is 12.1 Å². The molecule has 3 rings (SSSR count). The number of anilines is 1. The Morgan fingerprint density at radius 1 is 1.11 bits per heavy atom. The summed E-state index contributed by atoms with van der Waals surface area (Å²) >= 11 is 0. The molecule has 3 heteroatoms. The number of hydrogen-bond acceptors (Lipinski definition) is 3. The smallest absolute Gasteiger partial charge is 0.101 e. The monoisotopic (exact) mass is 251 g/mol. The fraction of sp³-hybridized carbons (Fsp3) is 0.500. The molecule has 0 aliphatic heterocycles. The number of fused-ring (bicyclic) bond motifs is 2. The van der Waals surface area contributed by atoms with E-state index in [0.717, 1.165) is 30.0 Å². The third-order valence-electron chi connectivity index (χ3n) is 4.71. The van der Waals surface area contributed by atoms with Gasteiger partial charge in [-0.15, -0.1) is 0 Å². The predicted octanol–water partition coefficient (Wildman–Crippen LogP) is 3.28. The van der Waals surface area contributed by atoms with Gasteiger partial charge >= 0.3 is 0 Å². The van der Waals surface area contributed by atoms with Crippen molar-refractivity contribution in [3.63, 3.8) is 0 Å². The summed E-state index contributed by atoms with van der Waals surface area (Å²) in [6, 6.07) is 9.52. The maximum absolute atomic E-state index is 9.01. The minimum absolute atomic E-state index is 0.452. The van der Waals surface area contributed by atoms with Crippen LogP contribution < -0.4 is 5.32 Å². The van der Waals surface area contributed by atoms with E-state index in [0.29, 0.717) is 11.1 Å². The number of nitrogens with zero attached hydrogens (tertiary/aromatic N) is 2. The van der Waals surface area contributed by atoms with Gasteiger partial charge < -0.3 is 5.32 Å². The third-order valence-corrected chi connectivity index (χ3v) is 4.71.